The molecular weight excluding hydrogens is 306 g/mol. The zero-order valence-electron chi connectivity index (χ0n) is 10.5. The molecule has 1 heterocycles. The number of primary sulfonamides is 1. The maximum atomic E-state index is 11.9. The molecule has 1 saturated heterocycles. The molecule has 1 aromatic carbocycles. The molecule has 0 radical (unpaired) electrons. The lowest BCUT2D eigenvalue weighted by Gasteiger charge is -2.11. The summed E-state index contributed by atoms with van der Waals surface area (Å²) in [5.41, 5.74) is -0.0313. The number of nitrogens with two attached hydrogens (primary N) is 1. The summed E-state index contributed by atoms with van der Waals surface area (Å²) in [4.78, 5) is 11.7. The molecule has 1 aliphatic heterocycles. The Morgan fingerprint density at radius 2 is 2.25 bits per heavy atom. The predicted octanol–water partition coefficient (Wildman–Crippen LogP) is 1.32. The van der Waals surface area contributed by atoms with Crippen LogP contribution in [-0.2, 0) is 19.5 Å². The third-order valence-corrected chi connectivity index (χ3v) is 4.15. The molecule has 0 bridgehead atoms. The number of halogens is 1. The van der Waals surface area contributed by atoms with Crippen LogP contribution in [0.4, 0.5) is 0 Å². The zero-order chi connectivity index (χ0) is 14.8. The van der Waals surface area contributed by atoms with Gasteiger partial charge in [0.1, 0.15) is 6.61 Å². The van der Waals surface area contributed by atoms with Gasteiger partial charge in [0.25, 0.3) is 0 Å². The van der Waals surface area contributed by atoms with Gasteiger partial charge in [-0.2, -0.15) is 0 Å². The van der Waals surface area contributed by atoms with E-state index in [1.807, 2.05) is 0 Å². The number of carbonyl (C=O) groups excluding carboxylic acids is 1. The van der Waals surface area contributed by atoms with E-state index in [2.05, 4.69) is 0 Å². The molecule has 0 spiro atoms. The van der Waals surface area contributed by atoms with Crippen molar-refractivity contribution in [1.82, 2.24) is 0 Å². The molecule has 0 amide bonds. The Hall–Kier alpha value is -1.15. The van der Waals surface area contributed by atoms with Crippen molar-refractivity contribution < 1.29 is 22.7 Å². The summed E-state index contributed by atoms with van der Waals surface area (Å²) in [6.45, 7) is 0.776. The van der Waals surface area contributed by atoms with Crippen LogP contribution in [0.5, 0.6) is 0 Å². The Kier molecular flexibility index (Phi) is 4.64. The lowest BCUT2D eigenvalue weighted by Crippen LogP contribution is -2.19. The molecule has 0 aromatic heterocycles. The molecule has 8 heteroatoms. The molecule has 6 nitrogen and oxygen atoms in total. The Bertz CT molecular complexity index is 610. The minimum atomic E-state index is -3.90. The first-order valence-corrected chi connectivity index (χ1v) is 7.91. The highest BCUT2D eigenvalue weighted by Crippen LogP contribution is 2.21. The standard InChI is InChI=1S/C12H14ClNO5S/c13-11-4-3-9(20(14,16)17)6-10(11)12(15)19-7-8-2-1-5-18-8/h3-4,6,8H,1-2,5,7H2,(H2,14,16,17). The second-order valence-electron chi connectivity index (χ2n) is 4.42. The van der Waals surface area contributed by atoms with Gasteiger partial charge in [-0.3, -0.25) is 0 Å². The van der Waals surface area contributed by atoms with Crippen molar-refractivity contribution in [1.29, 1.82) is 0 Å². The first kappa shape index (κ1) is 15.2. The van der Waals surface area contributed by atoms with E-state index in [-0.39, 0.29) is 28.2 Å². The van der Waals surface area contributed by atoms with Gasteiger partial charge in [0.2, 0.25) is 10.0 Å². The summed E-state index contributed by atoms with van der Waals surface area (Å²) in [6.07, 6.45) is 1.65. The quantitative estimate of drug-likeness (QED) is 0.844. The zero-order valence-corrected chi connectivity index (χ0v) is 12.1. The summed E-state index contributed by atoms with van der Waals surface area (Å²) in [7, 11) is -3.90. The van der Waals surface area contributed by atoms with Crippen molar-refractivity contribution in [2.24, 2.45) is 5.14 Å². The fourth-order valence-corrected chi connectivity index (χ4v) is 2.59. The maximum absolute atomic E-state index is 11.9. The number of esters is 1. The number of hydrogen-bond donors (Lipinski definition) is 1. The third-order valence-electron chi connectivity index (χ3n) is 2.91. The highest BCUT2D eigenvalue weighted by Gasteiger charge is 2.20. The van der Waals surface area contributed by atoms with E-state index in [1.54, 1.807) is 0 Å². The van der Waals surface area contributed by atoms with Gasteiger partial charge in [-0.1, -0.05) is 11.6 Å². The van der Waals surface area contributed by atoms with Crippen LogP contribution in [-0.4, -0.2) is 33.7 Å². The van der Waals surface area contributed by atoms with Gasteiger partial charge in [-0.15, -0.1) is 0 Å². The molecule has 1 aliphatic rings. The van der Waals surface area contributed by atoms with Crippen LogP contribution in [0.25, 0.3) is 0 Å². The van der Waals surface area contributed by atoms with E-state index in [9.17, 15) is 13.2 Å². The van der Waals surface area contributed by atoms with E-state index in [0.717, 1.165) is 18.9 Å². The molecule has 1 unspecified atom stereocenters. The lowest BCUT2D eigenvalue weighted by atomic mass is 10.2. The van der Waals surface area contributed by atoms with E-state index >= 15 is 0 Å². The second-order valence-corrected chi connectivity index (χ2v) is 6.39. The largest absolute Gasteiger partial charge is 0.459 e. The number of hydrogen-bond acceptors (Lipinski definition) is 5. The number of ether oxygens (including phenoxy) is 2. The average molecular weight is 320 g/mol. The summed E-state index contributed by atoms with van der Waals surface area (Å²) in [5, 5.41) is 5.11. The molecule has 1 aromatic rings. The Labute approximate surface area is 121 Å². The van der Waals surface area contributed by atoms with Gasteiger partial charge in [-0.05, 0) is 31.0 Å². The molecule has 2 rings (SSSR count). The highest BCUT2D eigenvalue weighted by atomic mass is 35.5. The number of sulfonamides is 1. The van der Waals surface area contributed by atoms with E-state index in [1.165, 1.54) is 12.1 Å². The van der Waals surface area contributed by atoms with Crippen molar-refractivity contribution >= 4 is 27.6 Å². The Morgan fingerprint density at radius 1 is 1.50 bits per heavy atom. The van der Waals surface area contributed by atoms with Crippen LogP contribution >= 0.6 is 11.6 Å². The van der Waals surface area contributed by atoms with Crippen molar-refractivity contribution in [3.05, 3.63) is 28.8 Å². The molecular formula is C12H14ClNO5S. The summed E-state index contributed by atoms with van der Waals surface area (Å²) >= 11 is 5.87. The minimum Gasteiger partial charge on any atom is -0.459 e. The SMILES string of the molecule is NS(=O)(=O)c1ccc(Cl)c(C(=O)OCC2CCCO2)c1. The molecule has 110 valence electrons. The molecule has 20 heavy (non-hydrogen) atoms. The molecule has 1 fully saturated rings. The van der Waals surface area contributed by atoms with E-state index in [4.69, 9.17) is 26.2 Å². The molecule has 0 aliphatic carbocycles. The van der Waals surface area contributed by atoms with Crippen molar-refractivity contribution in [2.75, 3.05) is 13.2 Å². The second kappa shape index (κ2) is 6.09. The summed E-state index contributed by atoms with van der Waals surface area (Å²) in [6, 6.07) is 3.63. The Morgan fingerprint density at radius 3 is 2.85 bits per heavy atom. The monoisotopic (exact) mass is 319 g/mol. The van der Waals surface area contributed by atoms with Gasteiger partial charge in [-0.25, -0.2) is 18.4 Å². The molecule has 1 atom stereocenters. The van der Waals surface area contributed by atoms with Crippen molar-refractivity contribution in [2.45, 2.75) is 23.8 Å². The van der Waals surface area contributed by atoms with Gasteiger partial charge >= 0.3 is 5.97 Å². The summed E-state index contributed by atoms with van der Waals surface area (Å²) < 4.78 is 32.9. The van der Waals surface area contributed by atoms with E-state index in [0.29, 0.717) is 6.61 Å². The number of rotatable bonds is 4. The van der Waals surface area contributed by atoms with Crippen molar-refractivity contribution in [3.8, 4) is 0 Å². The van der Waals surface area contributed by atoms with E-state index < -0.39 is 16.0 Å². The number of carbonyl (C=O) groups is 1. The molecule has 0 saturated carbocycles. The van der Waals surface area contributed by atoms with Crippen LogP contribution in [0.2, 0.25) is 5.02 Å². The van der Waals surface area contributed by atoms with Crippen molar-refractivity contribution in [3.63, 3.8) is 0 Å². The fourth-order valence-electron chi connectivity index (χ4n) is 1.86. The van der Waals surface area contributed by atoms with Crippen LogP contribution in [0.1, 0.15) is 23.2 Å². The third kappa shape index (κ3) is 3.69. The predicted molar refractivity (Wildman–Crippen MR) is 72.1 cm³/mol. The fraction of sp³-hybridized carbons (Fsp3) is 0.417. The van der Waals surface area contributed by atoms with Gasteiger partial charge in [0.05, 0.1) is 21.6 Å². The van der Waals surface area contributed by atoms with Crippen LogP contribution in [0.15, 0.2) is 23.1 Å². The highest BCUT2D eigenvalue weighted by molar-refractivity contribution is 7.89. The average Bonchev–Trinajstić information content (AvgIpc) is 2.88. The van der Waals surface area contributed by atoms with Crippen LogP contribution < -0.4 is 5.14 Å². The first-order valence-electron chi connectivity index (χ1n) is 5.99. The maximum Gasteiger partial charge on any atom is 0.339 e. The topological polar surface area (TPSA) is 95.7 Å². The van der Waals surface area contributed by atoms with Gasteiger partial charge in [0.15, 0.2) is 0 Å². The normalized spacial score (nSPS) is 19.0. The summed E-state index contributed by atoms with van der Waals surface area (Å²) in [5.74, 6) is -0.698. The lowest BCUT2D eigenvalue weighted by molar-refractivity contribution is 0.0161. The Balaban J connectivity index is 2.12. The molecule has 2 N–H and O–H groups in total. The smallest absolute Gasteiger partial charge is 0.339 e. The van der Waals surface area contributed by atoms with Crippen LogP contribution in [0, 0.1) is 0 Å². The van der Waals surface area contributed by atoms with Crippen LogP contribution in [0.3, 0.4) is 0 Å². The number of benzene rings is 1. The first-order chi connectivity index (χ1) is 9.38. The minimum absolute atomic E-state index is 0.0313. The van der Waals surface area contributed by atoms with Gasteiger partial charge < -0.3 is 9.47 Å². The van der Waals surface area contributed by atoms with Gasteiger partial charge in [0, 0.05) is 6.61 Å².